The number of aromatic amines is 1. The van der Waals surface area contributed by atoms with E-state index in [-0.39, 0.29) is 11.8 Å². The molecule has 28 heavy (non-hydrogen) atoms. The average molecular weight is 368 g/mol. The van der Waals surface area contributed by atoms with Crippen molar-refractivity contribution in [2.45, 2.75) is 25.8 Å². The third kappa shape index (κ3) is 3.99. The van der Waals surface area contributed by atoms with Gasteiger partial charge < -0.3 is 10.3 Å². The molecule has 2 N–H and O–H groups in total. The molecule has 1 atom stereocenters. The number of fused-ring (bicyclic) bond motifs is 1. The Hall–Kier alpha value is -3.33. The Morgan fingerprint density at radius 1 is 0.929 bits per heavy atom. The van der Waals surface area contributed by atoms with Gasteiger partial charge in [0.25, 0.3) is 0 Å². The Labute approximate surface area is 165 Å². The second-order valence-corrected chi connectivity index (χ2v) is 7.22. The number of amides is 1. The number of hydrogen-bond donors (Lipinski definition) is 2. The van der Waals surface area contributed by atoms with E-state index in [1.807, 2.05) is 48.7 Å². The first-order valence-corrected chi connectivity index (χ1v) is 9.64. The maximum absolute atomic E-state index is 12.8. The van der Waals surface area contributed by atoms with E-state index in [9.17, 15) is 4.79 Å². The second kappa shape index (κ2) is 8.13. The first kappa shape index (κ1) is 18.1. The summed E-state index contributed by atoms with van der Waals surface area (Å²) in [6, 6.07) is 26.7. The summed E-state index contributed by atoms with van der Waals surface area (Å²) < 4.78 is 0. The van der Waals surface area contributed by atoms with E-state index in [0.717, 1.165) is 22.2 Å². The van der Waals surface area contributed by atoms with Gasteiger partial charge in [-0.3, -0.25) is 4.79 Å². The molecule has 0 fully saturated rings. The van der Waals surface area contributed by atoms with Crippen LogP contribution in [-0.4, -0.2) is 10.9 Å². The minimum Gasteiger partial charge on any atom is -0.361 e. The molecule has 0 saturated carbocycles. The molecule has 0 saturated heterocycles. The molecule has 4 aromatic rings. The van der Waals surface area contributed by atoms with Crippen LogP contribution in [0, 0.1) is 6.92 Å². The van der Waals surface area contributed by atoms with Crippen molar-refractivity contribution in [3.05, 3.63) is 107 Å². The number of hydrogen-bond acceptors (Lipinski definition) is 1. The normalized spacial score (nSPS) is 12.0. The first-order valence-electron chi connectivity index (χ1n) is 9.64. The molecule has 0 aliphatic carbocycles. The Kier molecular flexibility index (Phi) is 5.24. The highest BCUT2D eigenvalue weighted by atomic mass is 16.1. The number of benzene rings is 3. The monoisotopic (exact) mass is 368 g/mol. The summed E-state index contributed by atoms with van der Waals surface area (Å²) in [5.41, 5.74) is 5.74. The quantitative estimate of drug-likeness (QED) is 0.476. The van der Waals surface area contributed by atoms with Crippen molar-refractivity contribution in [1.29, 1.82) is 0 Å². The van der Waals surface area contributed by atoms with Crippen LogP contribution in [0.2, 0.25) is 0 Å². The molecule has 1 aromatic heterocycles. The van der Waals surface area contributed by atoms with Gasteiger partial charge in [-0.1, -0.05) is 78.4 Å². The Bertz CT molecular complexity index is 1060. The van der Waals surface area contributed by atoms with E-state index in [1.165, 1.54) is 10.9 Å². The second-order valence-electron chi connectivity index (χ2n) is 7.22. The van der Waals surface area contributed by atoms with Crippen LogP contribution < -0.4 is 5.32 Å². The van der Waals surface area contributed by atoms with Gasteiger partial charge in [-0.15, -0.1) is 0 Å². The summed E-state index contributed by atoms with van der Waals surface area (Å²) in [5, 5.41) is 4.24. The molecule has 1 amide bonds. The smallest absolute Gasteiger partial charge is 0.221 e. The summed E-state index contributed by atoms with van der Waals surface area (Å²) in [6.45, 7) is 2.63. The van der Waals surface area contributed by atoms with Gasteiger partial charge in [0.15, 0.2) is 0 Å². The number of aromatic nitrogens is 1. The minimum atomic E-state index is 0.00697. The lowest BCUT2D eigenvalue weighted by Crippen LogP contribution is -2.25. The molecule has 0 aliphatic heterocycles. The molecule has 4 rings (SSSR count). The molecule has 0 bridgehead atoms. The molecule has 0 radical (unpaired) electrons. The topological polar surface area (TPSA) is 44.9 Å². The summed E-state index contributed by atoms with van der Waals surface area (Å²) in [4.78, 5) is 16.1. The van der Waals surface area contributed by atoms with Gasteiger partial charge in [0.1, 0.15) is 0 Å². The van der Waals surface area contributed by atoms with Gasteiger partial charge in [0.2, 0.25) is 5.91 Å². The van der Waals surface area contributed by atoms with Gasteiger partial charge in [-0.05, 0) is 29.7 Å². The lowest BCUT2D eigenvalue weighted by Gasteiger charge is -2.17. The number of nitrogens with one attached hydrogen (secondary N) is 2. The van der Waals surface area contributed by atoms with Crippen LogP contribution in [0.1, 0.15) is 34.6 Å². The van der Waals surface area contributed by atoms with Gasteiger partial charge in [-0.2, -0.15) is 0 Å². The van der Waals surface area contributed by atoms with Crippen molar-refractivity contribution in [1.82, 2.24) is 10.3 Å². The Morgan fingerprint density at radius 2 is 1.64 bits per heavy atom. The molecule has 1 heterocycles. The van der Waals surface area contributed by atoms with E-state index >= 15 is 0 Å². The zero-order valence-corrected chi connectivity index (χ0v) is 16.0. The van der Waals surface area contributed by atoms with Crippen molar-refractivity contribution >= 4 is 16.8 Å². The highest BCUT2D eigenvalue weighted by molar-refractivity contribution is 5.86. The lowest BCUT2D eigenvalue weighted by atomic mass is 9.87. The predicted octanol–water partition coefficient (Wildman–Crippen LogP) is 5.31. The standard InChI is InChI=1S/C25H24N2O/c1-18-11-13-20(14-12-18)22(23-17-26-24-10-6-5-9-21(23)24)15-25(28)27-16-19-7-3-2-4-8-19/h2-14,17,22,26H,15-16H2,1H3,(H,27,28)/t22-/m0/s1. The number of H-pyrrole nitrogens is 1. The van der Waals surface area contributed by atoms with Gasteiger partial charge in [0, 0.05) is 36.0 Å². The average Bonchev–Trinajstić information content (AvgIpc) is 3.16. The van der Waals surface area contributed by atoms with E-state index in [2.05, 4.69) is 53.6 Å². The molecule has 0 spiro atoms. The van der Waals surface area contributed by atoms with Crippen LogP contribution in [0.5, 0.6) is 0 Å². The van der Waals surface area contributed by atoms with Crippen LogP contribution >= 0.6 is 0 Å². The SMILES string of the molecule is Cc1ccc([C@H](CC(=O)NCc2ccccc2)c2c[nH]c3ccccc23)cc1. The van der Waals surface area contributed by atoms with E-state index in [0.29, 0.717) is 13.0 Å². The third-order valence-corrected chi connectivity index (χ3v) is 5.20. The van der Waals surface area contributed by atoms with Gasteiger partial charge in [-0.25, -0.2) is 0 Å². The van der Waals surface area contributed by atoms with Gasteiger partial charge >= 0.3 is 0 Å². The number of para-hydroxylation sites is 1. The number of rotatable bonds is 6. The number of aryl methyl sites for hydroxylation is 1. The molecule has 0 aliphatic rings. The fourth-order valence-corrected chi connectivity index (χ4v) is 3.64. The first-order chi connectivity index (χ1) is 13.7. The maximum Gasteiger partial charge on any atom is 0.221 e. The molecular weight excluding hydrogens is 344 g/mol. The van der Waals surface area contributed by atoms with Crippen molar-refractivity contribution in [3.8, 4) is 0 Å². The highest BCUT2D eigenvalue weighted by Crippen LogP contribution is 2.33. The molecule has 3 heteroatoms. The number of carbonyl (C=O) groups is 1. The largest absolute Gasteiger partial charge is 0.361 e. The van der Waals surface area contributed by atoms with E-state index < -0.39 is 0 Å². The summed E-state index contributed by atoms with van der Waals surface area (Å²) in [7, 11) is 0. The van der Waals surface area contributed by atoms with Crippen LogP contribution in [0.4, 0.5) is 0 Å². The Morgan fingerprint density at radius 3 is 2.43 bits per heavy atom. The van der Waals surface area contributed by atoms with Crippen LogP contribution in [0.25, 0.3) is 10.9 Å². The van der Waals surface area contributed by atoms with Crippen molar-refractivity contribution in [2.24, 2.45) is 0 Å². The highest BCUT2D eigenvalue weighted by Gasteiger charge is 2.21. The van der Waals surface area contributed by atoms with Gasteiger partial charge in [0.05, 0.1) is 0 Å². The van der Waals surface area contributed by atoms with Crippen LogP contribution in [-0.2, 0) is 11.3 Å². The van der Waals surface area contributed by atoms with Crippen molar-refractivity contribution in [3.63, 3.8) is 0 Å². The fraction of sp³-hybridized carbons (Fsp3) is 0.160. The summed E-state index contributed by atoms with van der Waals surface area (Å²) in [6.07, 6.45) is 2.46. The molecule has 0 unspecified atom stereocenters. The van der Waals surface area contributed by atoms with E-state index in [1.54, 1.807) is 0 Å². The molecule has 3 nitrogen and oxygen atoms in total. The van der Waals surface area contributed by atoms with Crippen molar-refractivity contribution < 1.29 is 4.79 Å². The predicted molar refractivity (Wildman–Crippen MR) is 114 cm³/mol. The number of carbonyl (C=O) groups excluding carboxylic acids is 1. The summed E-state index contributed by atoms with van der Waals surface area (Å²) in [5.74, 6) is 0.0623. The molecule has 3 aromatic carbocycles. The zero-order chi connectivity index (χ0) is 19.3. The van der Waals surface area contributed by atoms with Crippen LogP contribution in [0.3, 0.4) is 0 Å². The minimum absolute atomic E-state index is 0.00697. The summed E-state index contributed by atoms with van der Waals surface area (Å²) >= 11 is 0. The zero-order valence-electron chi connectivity index (χ0n) is 16.0. The fourth-order valence-electron chi connectivity index (χ4n) is 3.64. The maximum atomic E-state index is 12.8. The lowest BCUT2D eigenvalue weighted by molar-refractivity contribution is -0.121. The molecule has 140 valence electrons. The van der Waals surface area contributed by atoms with E-state index in [4.69, 9.17) is 0 Å². The van der Waals surface area contributed by atoms with Crippen LogP contribution in [0.15, 0.2) is 85.1 Å². The Balaban J connectivity index is 1.60. The molecular formula is C25H24N2O. The van der Waals surface area contributed by atoms with Crippen molar-refractivity contribution in [2.75, 3.05) is 0 Å². The third-order valence-electron chi connectivity index (χ3n) is 5.20.